The summed E-state index contributed by atoms with van der Waals surface area (Å²) in [5.74, 6) is -0.909. The molecule has 1 fully saturated rings. The van der Waals surface area contributed by atoms with E-state index >= 15 is 0 Å². The number of nitrogens with zero attached hydrogens (tertiary/aromatic N) is 1. The maximum absolute atomic E-state index is 12.6. The molecule has 1 saturated heterocycles. The van der Waals surface area contributed by atoms with Gasteiger partial charge in [0.2, 0.25) is 11.8 Å². The highest BCUT2D eigenvalue weighted by molar-refractivity contribution is 5.98. The maximum atomic E-state index is 12.6. The number of hydrogen-bond donors (Lipinski definition) is 2. The Morgan fingerprint density at radius 2 is 1.75 bits per heavy atom. The average Bonchev–Trinajstić information content (AvgIpc) is 3.18. The lowest BCUT2D eigenvalue weighted by Gasteiger charge is -2.17. The van der Waals surface area contributed by atoms with Crippen LogP contribution in [0.15, 0.2) is 54.6 Å². The fraction of sp³-hybridized carbons (Fsp3) is 0.400. The summed E-state index contributed by atoms with van der Waals surface area (Å²) in [6.45, 7) is 3.49. The number of carbonyl (C=O) groups is 3. The topological polar surface area (TPSA) is 87.7 Å². The van der Waals surface area contributed by atoms with Crippen molar-refractivity contribution < 1.29 is 19.1 Å². The first-order chi connectivity index (χ1) is 15.6. The van der Waals surface area contributed by atoms with Gasteiger partial charge in [0.05, 0.1) is 18.1 Å². The maximum Gasteiger partial charge on any atom is 0.273 e. The van der Waals surface area contributed by atoms with Gasteiger partial charge in [-0.1, -0.05) is 68.7 Å². The zero-order valence-electron chi connectivity index (χ0n) is 18.5. The third-order valence-electron chi connectivity index (χ3n) is 5.49. The highest BCUT2D eigenvalue weighted by Crippen LogP contribution is 2.21. The minimum absolute atomic E-state index is 0.0675. The van der Waals surface area contributed by atoms with Crippen molar-refractivity contribution in [2.45, 2.75) is 45.6 Å². The highest BCUT2D eigenvalue weighted by atomic mass is 16.5. The summed E-state index contributed by atoms with van der Waals surface area (Å²) < 4.78 is 5.77. The van der Waals surface area contributed by atoms with E-state index in [-0.39, 0.29) is 18.2 Å². The van der Waals surface area contributed by atoms with Crippen LogP contribution in [0.1, 0.15) is 54.9 Å². The molecule has 2 aromatic rings. The van der Waals surface area contributed by atoms with Crippen LogP contribution in [0.5, 0.6) is 5.75 Å². The summed E-state index contributed by atoms with van der Waals surface area (Å²) in [4.78, 5) is 39.1. The normalized spacial score (nSPS) is 15.5. The lowest BCUT2D eigenvalue weighted by atomic mass is 10.1. The lowest BCUT2D eigenvalue weighted by Crippen LogP contribution is -2.45. The van der Waals surface area contributed by atoms with Gasteiger partial charge in [0, 0.05) is 19.5 Å². The van der Waals surface area contributed by atoms with E-state index in [0.29, 0.717) is 31.0 Å². The predicted octanol–water partition coefficient (Wildman–Crippen LogP) is 3.46. The zero-order chi connectivity index (χ0) is 22.8. The largest absolute Gasteiger partial charge is 0.493 e. The van der Waals surface area contributed by atoms with Gasteiger partial charge in [-0.05, 0) is 24.1 Å². The van der Waals surface area contributed by atoms with Gasteiger partial charge in [0.1, 0.15) is 5.75 Å². The van der Waals surface area contributed by atoms with Crippen LogP contribution in [0.25, 0.3) is 0 Å². The molecule has 0 saturated carbocycles. The molecule has 1 heterocycles. The first kappa shape index (κ1) is 23.3. The molecule has 3 rings (SSSR count). The van der Waals surface area contributed by atoms with Crippen LogP contribution in [0.4, 0.5) is 0 Å². The second-order valence-electron chi connectivity index (χ2n) is 8.01. The molecule has 1 aliphatic rings. The number of likely N-dealkylation sites (tertiary alicyclic amines) is 1. The van der Waals surface area contributed by atoms with Gasteiger partial charge >= 0.3 is 0 Å². The van der Waals surface area contributed by atoms with Gasteiger partial charge in [-0.15, -0.1) is 0 Å². The van der Waals surface area contributed by atoms with Crippen LogP contribution < -0.4 is 15.6 Å². The number of unbranched alkanes of at least 4 members (excludes halogenated alkanes) is 3. The fourth-order valence-corrected chi connectivity index (χ4v) is 3.68. The van der Waals surface area contributed by atoms with E-state index in [1.807, 2.05) is 36.4 Å². The third-order valence-corrected chi connectivity index (χ3v) is 5.49. The van der Waals surface area contributed by atoms with Gasteiger partial charge in [0.15, 0.2) is 0 Å². The molecular formula is C25H31N3O4. The Morgan fingerprint density at radius 1 is 1.00 bits per heavy atom. The van der Waals surface area contributed by atoms with Crippen molar-refractivity contribution in [1.29, 1.82) is 0 Å². The van der Waals surface area contributed by atoms with E-state index in [4.69, 9.17) is 4.74 Å². The number of rotatable bonds is 10. The molecule has 7 heteroatoms. The summed E-state index contributed by atoms with van der Waals surface area (Å²) in [6, 6.07) is 16.6. The second kappa shape index (κ2) is 11.9. The van der Waals surface area contributed by atoms with Gasteiger partial charge < -0.3 is 9.64 Å². The molecule has 170 valence electrons. The standard InChI is InChI=1S/C25H31N3O4/c1-2-3-4-10-15-32-22-14-9-8-13-21(22)25(31)27-26-24(30)20-16-23(29)28(18-20)17-19-11-6-5-7-12-19/h5-9,11-14,20H,2-4,10,15-18H2,1H3,(H,26,30)(H,27,31). The van der Waals surface area contributed by atoms with E-state index in [0.717, 1.165) is 31.2 Å². The van der Waals surface area contributed by atoms with Gasteiger partial charge in [-0.3, -0.25) is 25.2 Å². The van der Waals surface area contributed by atoms with E-state index < -0.39 is 11.8 Å². The number of amides is 3. The molecule has 0 aromatic heterocycles. The Morgan fingerprint density at radius 3 is 2.53 bits per heavy atom. The minimum atomic E-state index is -0.503. The molecular weight excluding hydrogens is 406 g/mol. The molecule has 2 N–H and O–H groups in total. The average molecular weight is 438 g/mol. The summed E-state index contributed by atoms with van der Waals surface area (Å²) in [6.07, 6.45) is 4.45. The third kappa shape index (κ3) is 6.57. The molecule has 0 bridgehead atoms. The van der Waals surface area contributed by atoms with E-state index in [1.54, 1.807) is 23.1 Å². The zero-order valence-corrected chi connectivity index (χ0v) is 18.5. The lowest BCUT2D eigenvalue weighted by molar-refractivity contribution is -0.129. The fourth-order valence-electron chi connectivity index (χ4n) is 3.68. The van der Waals surface area contributed by atoms with Gasteiger partial charge in [-0.25, -0.2) is 0 Å². The molecule has 2 aromatic carbocycles. The van der Waals surface area contributed by atoms with Crippen molar-refractivity contribution in [3.63, 3.8) is 0 Å². The molecule has 0 spiro atoms. The van der Waals surface area contributed by atoms with Crippen LogP contribution in [0.2, 0.25) is 0 Å². The van der Waals surface area contributed by atoms with E-state index in [9.17, 15) is 14.4 Å². The van der Waals surface area contributed by atoms with Gasteiger partial charge in [-0.2, -0.15) is 0 Å². The minimum Gasteiger partial charge on any atom is -0.493 e. The molecule has 1 atom stereocenters. The molecule has 1 unspecified atom stereocenters. The Kier molecular flexibility index (Phi) is 8.66. The number of para-hydroxylation sites is 1. The van der Waals surface area contributed by atoms with Crippen molar-refractivity contribution in [3.05, 3.63) is 65.7 Å². The quantitative estimate of drug-likeness (QED) is 0.440. The molecule has 1 aliphatic heterocycles. The summed E-state index contributed by atoms with van der Waals surface area (Å²) in [5, 5.41) is 0. The first-order valence-corrected chi connectivity index (χ1v) is 11.2. The Hall–Kier alpha value is -3.35. The molecule has 7 nitrogen and oxygen atoms in total. The summed E-state index contributed by atoms with van der Waals surface area (Å²) in [5.41, 5.74) is 6.30. The highest BCUT2D eigenvalue weighted by Gasteiger charge is 2.34. The van der Waals surface area contributed by atoms with Crippen LogP contribution in [-0.4, -0.2) is 35.8 Å². The van der Waals surface area contributed by atoms with E-state index in [1.165, 1.54) is 0 Å². The molecule has 0 radical (unpaired) electrons. The van der Waals surface area contributed by atoms with Crippen LogP contribution in [-0.2, 0) is 16.1 Å². The number of carbonyl (C=O) groups excluding carboxylic acids is 3. The van der Waals surface area contributed by atoms with Crippen molar-refractivity contribution in [1.82, 2.24) is 15.8 Å². The number of benzene rings is 2. The second-order valence-corrected chi connectivity index (χ2v) is 8.01. The Bertz CT molecular complexity index is 916. The SMILES string of the molecule is CCCCCCOc1ccccc1C(=O)NNC(=O)C1CC(=O)N(Cc2ccccc2)C1. The van der Waals surface area contributed by atoms with Crippen molar-refractivity contribution in [3.8, 4) is 5.75 Å². The molecule has 3 amide bonds. The van der Waals surface area contributed by atoms with Crippen molar-refractivity contribution in [2.75, 3.05) is 13.2 Å². The first-order valence-electron chi connectivity index (χ1n) is 11.2. The monoisotopic (exact) mass is 437 g/mol. The number of hydrogen-bond acceptors (Lipinski definition) is 4. The number of nitrogens with one attached hydrogen (secondary N) is 2. The molecule has 32 heavy (non-hydrogen) atoms. The smallest absolute Gasteiger partial charge is 0.273 e. The van der Waals surface area contributed by atoms with Crippen molar-refractivity contribution in [2.24, 2.45) is 5.92 Å². The summed E-state index contributed by atoms with van der Waals surface area (Å²) >= 11 is 0. The number of ether oxygens (including phenoxy) is 1. The van der Waals surface area contributed by atoms with Crippen LogP contribution in [0, 0.1) is 5.92 Å². The van der Waals surface area contributed by atoms with Crippen LogP contribution >= 0.6 is 0 Å². The summed E-state index contributed by atoms with van der Waals surface area (Å²) in [7, 11) is 0. The van der Waals surface area contributed by atoms with Crippen LogP contribution in [0.3, 0.4) is 0 Å². The molecule has 0 aliphatic carbocycles. The number of hydrazine groups is 1. The van der Waals surface area contributed by atoms with Gasteiger partial charge in [0.25, 0.3) is 5.91 Å². The Balaban J connectivity index is 1.49. The van der Waals surface area contributed by atoms with Crippen molar-refractivity contribution >= 4 is 17.7 Å². The predicted molar refractivity (Wildman–Crippen MR) is 122 cm³/mol. The van der Waals surface area contributed by atoms with E-state index in [2.05, 4.69) is 17.8 Å². The Labute approximate surface area is 189 Å².